The first-order chi connectivity index (χ1) is 7.84. The molecule has 3 heteroatoms. The molecule has 0 aliphatic rings. The van der Waals surface area contributed by atoms with Gasteiger partial charge in [-0.3, -0.25) is 0 Å². The van der Waals surface area contributed by atoms with Crippen LogP contribution in [0.1, 0.15) is 0 Å². The molecule has 4 aromatic rings. The van der Waals surface area contributed by atoms with Crippen LogP contribution in [0.2, 0.25) is 0 Å². The number of rotatable bonds is 0. The Labute approximate surface area is 91.6 Å². The fourth-order valence-corrected chi connectivity index (χ4v) is 2.49. The summed E-state index contributed by atoms with van der Waals surface area (Å²) in [6.07, 6.45) is 0. The van der Waals surface area contributed by atoms with Gasteiger partial charge in [0.2, 0.25) is 0 Å². The zero-order valence-electron chi connectivity index (χ0n) is 8.81. The zero-order chi connectivity index (χ0) is 10.7. The highest BCUT2D eigenvalue weighted by Gasteiger charge is 2.10. The molecule has 0 atom stereocenters. The molecule has 16 heavy (non-hydrogen) atoms. The van der Waals surface area contributed by atoms with Crippen molar-refractivity contribution in [2.45, 2.75) is 0 Å². The maximum Gasteiger partial charge on any atom is 0.0974 e. The van der Waals surface area contributed by atoms with Gasteiger partial charge in [0.25, 0.3) is 0 Å². The predicted octanol–water partition coefficient (Wildman–Crippen LogP) is 2.71. The fraction of sp³-hybridized carbons (Fsp3) is 0.0769. The van der Waals surface area contributed by atoms with Crippen LogP contribution in [0.5, 0.6) is 0 Å². The first-order valence-electron chi connectivity index (χ1n) is 5.28. The van der Waals surface area contributed by atoms with Crippen LogP contribution in [0.3, 0.4) is 0 Å². The third-order valence-electron chi connectivity index (χ3n) is 3.26. The van der Waals surface area contributed by atoms with Crippen LogP contribution in [-0.2, 0) is 7.05 Å². The van der Waals surface area contributed by atoms with Gasteiger partial charge >= 0.3 is 0 Å². The van der Waals surface area contributed by atoms with Crippen LogP contribution < -0.4 is 0 Å². The van der Waals surface area contributed by atoms with Crippen molar-refractivity contribution >= 4 is 32.6 Å². The van der Waals surface area contributed by atoms with Gasteiger partial charge < -0.3 is 0 Å². The lowest BCUT2D eigenvalue weighted by atomic mass is 10.0. The van der Waals surface area contributed by atoms with E-state index in [1.807, 2.05) is 17.8 Å². The fourth-order valence-electron chi connectivity index (χ4n) is 2.49. The Balaban J connectivity index is 2.51. The average molecular weight is 207 g/mol. The smallest absolute Gasteiger partial charge is 0.0974 e. The minimum absolute atomic E-state index is 0.970. The third kappa shape index (κ3) is 0.795. The second-order valence-corrected chi connectivity index (χ2v) is 4.14. The summed E-state index contributed by atoms with van der Waals surface area (Å²) in [5, 5.41) is 13.4. The molecule has 0 aliphatic heterocycles. The van der Waals surface area contributed by atoms with Gasteiger partial charge in [0.1, 0.15) is 0 Å². The van der Waals surface area contributed by atoms with Crippen molar-refractivity contribution in [1.82, 2.24) is 15.0 Å². The van der Waals surface area contributed by atoms with E-state index in [0.717, 1.165) is 11.0 Å². The minimum atomic E-state index is 0.970. The Morgan fingerprint density at radius 2 is 1.56 bits per heavy atom. The number of aryl methyl sites for hydroxylation is 1. The van der Waals surface area contributed by atoms with E-state index in [-0.39, 0.29) is 0 Å². The summed E-state index contributed by atoms with van der Waals surface area (Å²) in [7, 11) is 1.93. The molecule has 0 radical (unpaired) electrons. The van der Waals surface area contributed by atoms with Crippen molar-refractivity contribution in [3.8, 4) is 0 Å². The molecule has 0 spiro atoms. The van der Waals surface area contributed by atoms with E-state index in [4.69, 9.17) is 0 Å². The maximum atomic E-state index is 4.23. The van der Waals surface area contributed by atoms with Gasteiger partial charge in [-0.1, -0.05) is 29.5 Å². The molecule has 0 aliphatic carbocycles. The van der Waals surface area contributed by atoms with Crippen molar-refractivity contribution < 1.29 is 0 Å². The lowest BCUT2D eigenvalue weighted by Crippen LogP contribution is -2.01. The first-order valence-corrected chi connectivity index (χ1v) is 5.28. The lowest BCUT2D eigenvalue weighted by molar-refractivity contribution is 0.708. The number of aromatic nitrogens is 3. The molecule has 0 saturated heterocycles. The van der Waals surface area contributed by atoms with Crippen LogP contribution in [0, 0.1) is 0 Å². The number of benzene rings is 2. The standard InChI is InChI=1S/C13H9N3/c1-16-11-7-5-9-3-2-8-4-6-10(14-15-16)13(11)12(8)9/h2-7H,1H3. The predicted molar refractivity (Wildman–Crippen MR) is 64.7 cm³/mol. The zero-order valence-corrected chi connectivity index (χ0v) is 8.81. The first kappa shape index (κ1) is 8.05. The van der Waals surface area contributed by atoms with Crippen LogP contribution in [0.15, 0.2) is 36.4 Å². The molecule has 0 amide bonds. The van der Waals surface area contributed by atoms with Gasteiger partial charge in [0, 0.05) is 17.8 Å². The molecule has 1 aromatic heterocycles. The van der Waals surface area contributed by atoms with Crippen molar-refractivity contribution in [3.05, 3.63) is 36.4 Å². The van der Waals surface area contributed by atoms with E-state index in [9.17, 15) is 0 Å². The Hall–Kier alpha value is -2.16. The van der Waals surface area contributed by atoms with Crippen molar-refractivity contribution in [1.29, 1.82) is 0 Å². The lowest BCUT2D eigenvalue weighted by Gasteiger charge is -2.08. The number of hydrogen-bond donors (Lipinski definition) is 0. The van der Waals surface area contributed by atoms with E-state index in [1.165, 1.54) is 21.5 Å². The third-order valence-corrected chi connectivity index (χ3v) is 3.26. The molecule has 3 nitrogen and oxygen atoms in total. The summed E-state index contributed by atoms with van der Waals surface area (Å²) >= 11 is 0. The molecule has 0 saturated carbocycles. The van der Waals surface area contributed by atoms with E-state index in [1.54, 1.807) is 0 Å². The van der Waals surface area contributed by atoms with Crippen LogP contribution in [-0.4, -0.2) is 15.0 Å². The molecular weight excluding hydrogens is 198 g/mol. The summed E-state index contributed by atoms with van der Waals surface area (Å²) in [6.45, 7) is 0. The summed E-state index contributed by atoms with van der Waals surface area (Å²) in [4.78, 5) is 0. The normalized spacial score (nSPS) is 12.1. The SMILES string of the molecule is Cn1nnc2ccc3ccc4ccc1c2c34. The summed E-state index contributed by atoms with van der Waals surface area (Å²) in [5.41, 5.74) is 2.10. The van der Waals surface area contributed by atoms with E-state index < -0.39 is 0 Å². The number of nitrogens with zero attached hydrogens (tertiary/aromatic N) is 3. The van der Waals surface area contributed by atoms with Gasteiger partial charge in [0.15, 0.2) is 0 Å². The molecule has 0 unspecified atom stereocenters. The highest BCUT2D eigenvalue weighted by molar-refractivity contribution is 6.22. The molecule has 76 valence electrons. The highest BCUT2D eigenvalue weighted by atomic mass is 15.4. The summed E-state index contributed by atoms with van der Waals surface area (Å²) in [6, 6.07) is 12.7. The highest BCUT2D eigenvalue weighted by Crippen LogP contribution is 2.33. The van der Waals surface area contributed by atoms with Crippen LogP contribution >= 0.6 is 0 Å². The van der Waals surface area contributed by atoms with Crippen molar-refractivity contribution in [3.63, 3.8) is 0 Å². The Morgan fingerprint density at radius 3 is 2.38 bits per heavy atom. The molecule has 0 N–H and O–H groups in total. The minimum Gasteiger partial charge on any atom is -0.249 e. The van der Waals surface area contributed by atoms with Crippen LogP contribution in [0.25, 0.3) is 32.6 Å². The molecule has 1 heterocycles. The van der Waals surface area contributed by atoms with Gasteiger partial charge in [-0.2, -0.15) is 0 Å². The van der Waals surface area contributed by atoms with Gasteiger partial charge in [0.05, 0.1) is 11.0 Å². The Morgan fingerprint density at radius 1 is 0.875 bits per heavy atom. The average Bonchev–Trinajstić information content (AvgIpc) is 2.73. The second-order valence-electron chi connectivity index (χ2n) is 4.14. The molecule has 3 aromatic carbocycles. The van der Waals surface area contributed by atoms with Gasteiger partial charge in [-0.25, -0.2) is 4.68 Å². The van der Waals surface area contributed by atoms with Gasteiger partial charge in [-0.15, -0.1) is 5.10 Å². The van der Waals surface area contributed by atoms with E-state index in [2.05, 4.69) is 40.6 Å². The van der Waals surface area contributed by atoms with Crippen molar-refractivity contribution in [2.75, 3.05) is 0 Å². The largest absolute Gasteiger partial charge is 0.249 e. The van der Waals surface area contributed by atoms with Crippen LogP contribution in [0.4, 0.5) is 0 Å². The molecular formula is C13H9N3. The molecule has 4 rings (SSSR count). The maximum absolute atomic E-state index is 4.23. The number of hydrogen-bond acceptors (Lipinski definition) is 2. The van der Waals surface area contributed by atoms with E-state index in [0.29, 0.717) is 0 Å². The topological polar surface area (TPSA) is 30.7 Å². The summed E-state index contributed by atoms with van der Waals surface area (Å²) in [5.74, 6) is 0. The summed E-state index contributed by atoms with van der Waals surface area (Å²) < 4.78 is 1.83. The molecule has 0 bridgehead atoms. The monoisotopic (exact) mass is 207 g/mol. The van der Waals surface area contributed by atoms with E-state index >= 15 is 0 Å². The van der Waals surface area contributed by atoms with Crippen molar-refractivity contribution in [2.24, 2.45) is 7.05 Å². The van der Waals surface area contributed by atoms with Gasteiger partial charge in [-0.05, 0) is 22.9 Å². The molecule has 0 fully saturated rings. The quantitative estimate of drug-likeness (QED) is 0.444. The Bertz CT molecular complexity index is 799. The Kier molecular flexibility index (Phi) is 1.26. The second kappa shape index (κ2) is 2.50.